The van der Waals surface area contributed by atoms with Crippen molar-refractivity contribution in [1.82, 2.24) is 4.90 Å². The maximum Gasteiger partial charge on any atom is 0.331 e. The number of nitrogens with two attached hydrogens (primary N) is 1. The Balaban J connectivity index is 1.70. The molecule has 0 spiro atoms. The molecule has 30 heavy (non-hydrogen) atoms. The van der Waals surface area contributed by atoms with Crippen molar-refractivity contribution >= 4 is 34.9 Å². The van der Waals surface area contributed by atoms with Crippen LogP contribution in [0.1, 0.15) is 34.4 Å². The van der Waals surface area contributed by atoms with Gasteiger partial charge in [-0.15, -0.1) is 11.3 Å². The van der Waals surface area contributed by atoms with Gasteiger partial charge in [-0.2, -0.15) is 0 Å². The van der Waals surface area contributed by atoms with Crippen molar-refractivity contribution in [3.05, 3.63) is 62.9 Å². The first-order chi connectivity index (χ1) is 14.5. The number of hydrogen-bond donors (Lipinski definition) is 1. The normalized spacial score (nSPS) is 16.6. The molecule has 2 aliphatic heterocycles. The molecule has 3 heterocycles. The number of benzene rings is 1. The van der Waals surface area contributed by atoms with E-state index in [1.807, 2.05) is 12.1 Å². The summed E-state index contributed by atoms with van der Waals surface area (Å²) in [4.78, 5) is 26.2. The number of hydrogen-bond acceptors (Lipinski definition) is 6. The molecule has 1 amide bonds. The second kappa shape index (κ2) is 8.85. The average molecular weight is 425 g/mol. The molecule has 0 bridgehead atoms. The Kier molecular flexibility index (Phi) is 6.01. The number of carbonyl (C=O) groups is 2. The van der Waals surface area contributed by atoms with Gasteiger partial charge in [-0.3, -0.25) is 4.79 Å². The van der Waals surface area contributed by atoms with E-state index in [1.54, 1.807) is 17.4 Å². The monoisotopic (exact) mass is 424 g/mol. The van der Waals surface area contributed by atoms with Crippen molar-refractivity contribution in [2.75, 3.05) is 26.7 Å². The summed E-state index contributed by atoms with van der Waals surface area (Å²) in [7, 11) is 2.16. The molecule has 0 aliphatic carbocycles. The summed E-state index contributed by atoms with van der Waals surface area (Å²) in [5.74, 6) is -0.428. The number of fused-ring (bicyclic) bond motifs is 2. The topological polar surface area (TPSA) is 81.9 Å². The Morgan fingerprint density at radius 1 is 1.27 bits per heavy atom. The van der Waals surface area contributed by atoms with Crippen molar-refractivity contribution in [2.45, 2.75) is 19.4 Å². The van der Waals surface area contributed by atoms with Gasteiger partial charge in [0.15, 0.2) is 6.61 Å². The first-order valence-corrected chi connectivity index (χ1v) is 10.8. The summed E-state index contributed by atoms with van der Waals surface area (Å²) < 4.78 is 10.9. The van der Waals surface area contributed by atoms with Gasteiger partial charge in [0, 0.05) is 40.7 Å². The van der Waals surface area contributed by atoms with E-state index < -0.39 is 18.5 Å². The number of piperidine rings is 1. The smallest absolute Gasteiger partial charge is 0.331 e. The Hall–Kier alpha value is -2.90. The summed E-state index contributed by atoms with van der Waals surface area (Å²) in [5, 5.41) is 2.12. The Morgan fingerprint density at radius 2 is 2.07 bits per heavy atom. The molecule has 7 heteroatoms. The highest BCUT2D eigenvalue weighted by Crippen LogP contribution is 2.43. The van der Waals surface area contributed by atoms with Gasteiger partial charge in [-0.25, -0.2) is 4.79 Å². The summed E-state index contributed by atoms with van der Waals surface area (Å²) in [6, 6.07) is 8.06. The minimum Gasteiger partial charge on any atom is -0.488 e. The fourth-order valence-corrected chi connectivity index (χ4v) is 4.78. The van der Waals surface area contributed by atoms with E-state index in [1.165, 1.54) is 27.7 Å². The quantitative estimate of drug-likeness (QED) is 0.602. The molecule has 0 atom stereocenters. The van der Waals surface area contributed by atoms with Crippen LogP contribution in [0.4, 0.5) is 0 Å². The fraction of sp³-hybridized carbons (Fsp3) is 0.304. The molecule has 1 aromatic heterocycles. The number of likely N-dealkylation sites (tertiary alicyclic amines) is 1. The van der Waals surface area contributed by atoms with E-state index in [9.17, 15) is 9.59 Å². The molecular weight excluding hydrogens is 400 g/mol. The zero-order valence-electron chi connectivity index (χ0n) is 16.8. The van der Waals surface area contributed by atoms with Gasteiger partial charge < -0.3 is 20.1 Å². The number of carbonyl (C=O) groups excluding carboxylic acids is 2. The third-order valence-electron chi connectivity index (χ3n) is 5.34. The molecule has 4 rings (SSSR count). The van der Waals surface area contributed by atoms with Gasteiger partial charge in [0.05, 0.1) is 0 Å². The summed E-state index contributed by atoms with van der Waals surface area (Å²) in [6.07, 6.45) is 5.05. The number of primary amides is 1. The van der Waals surface area contributed by atoms with Gasteiger partial charge in [0.1, 0.15) is 12.4 Å². The Labute approximate surface area is 179 Å². The van der Waals surface area contributed by atoms with Crippen LogP contribution < -0.4 is 10.5 Å². The average Bonchev–Trinajstić information content (AvgIpc) is 3.14. The highest BCUT2D eigenvalue weighted by atomic mass is 32.1. The molecule has 2 aliphatic rings. The first kappa shape index (κ1) is 20.4. The maximum atomic E-state index is 11.8. The van der Waals surface area contributed by atoms with Crippen LogP contribution in [0.3, 0.4) is 0 Å². The van der Waals surface area contributed by atoms with Crippen LogP contribution in [0, 0.1) is 0 Å². The molecule has 0 unspecified atom stereocenters. The lowest BCUT2D eigenvalue weighted by molar-refractivity contribution is -0.142. The highest BCUT2D eigenvalue weighted by molar-refractivity contribution is 7.11. The number of nitrogens with zero attached hydrogens (tertiary/aromatic N) is 1. The summed E-state index contributed by atoms with van der Waals surface area (Å²) >= 11 is 1.75. The van der Waals surface area contributed by atoms with Crippen molar-refractivity contribution in [3.63, 3.8) is 0 Å². The van der Waals surface area contributed by atoms with Crippen LogP contribution in [-0.2, 0) is 20.9 Å². The van der Waals surface area contributed by atoms with Crippen LogP contribution in [0.15, 0.2) is 41.3 Å². The van der Waals surface area contributed by atoms with Gasteiger partial charge in [-0.1, -0.05) is 11.6 Å². The summed E-state index contributed by atoms with van der Waals surface area (Å²) in [5.41, 5.74) is 10.9. The molecular formula is C23H24N2O4S. The molecule has 2 aromatic rings. The maximum absolute atomic E-state index is 11.8. The lowest BCUT2D eigenvalue weighted by Crippen LogP contribution is -2.26. The molecule has 1 fully saturated rings. The molecule has 1 aromatic carbocycles. The molecule has 0 saturated carbocycles. The largest absolute Gasteiger partial charge is 0.488 e. The van der Waals surface area contributed by atoms with E-state index in [0.29, 0.717) is 6.61 Å². The van der Waals surface area contributed by atoms with Crippen molar-refractivity contribution < 1.29 is 19.1 Å². The number of thiophene rings is 1. The number of esters is 1. The predicted molar refractivity (Wildman–Crippen MR) is 117 cm³/mol. The van der Waals surface area contributed by atoms with E-state index in [4.69, 9.17) is 15.2 Å². The van der Waals surface area contributed by atoms with E-state index in [2.05, 4.69) is 29.5 Å². The van der Waals surface area contributed by atoms with Crippen molar-refractivity contribution in [2.24, 2.45) is 5.73 Å². The standard InChI is InChI=1S/C23H24N2O4S/c1-25-9-6-16(7-10-25)22-18-12-15(3-5-21(27)29-14-20(24)26)2-4-19(18)28-13-17-8-11-30-23(17)22/h2-5,8,11-12H,6-7,9-10,13-14H2,1H3,(H2,24,26). The van der Waals surface area contributed by atoms with E-state index in [-0.39, 0.29) is 0 Å². The van der Waals surface area contributed by atoms with Crippen molar-refractivity contribution in [3.8, 4) is 5.75 Å². The van der Waals surface area contributed by atoms with Crippen LogP contribution in [0.5, 0.6) is 5.75 Å². The first-order valence-electron chi connectivity index (χ1n) is 9.89. The summed E-state index contributed by atoms with van der Waals surface area (Å²) in [6.45, 7) is 2.21. The minimum atomic E-state index is -0.680. The number of rotatable bonds is 4. The molecule has 6 nitrogen and oxygen atoms in total. The van der Waals surface area contributed by atoms with Gasteiger partial charge in [-0.05, 0) is 55.1 Å². The second-order valence-electron chi connectivity index (χ2n) is 7.51. The predicted octanol–water partition coefficient (Wildman–Crippen LogP) is 3.21. The zero-order valence-corrected chi connectivity index (χ0v) is 17.7. The number of amides is 1. The third-order valence-corrected chi connectivity index (χ3v) is 6.32. The SMILES string of the molecule is CN1CCC(=C2c3cc(C=CC(=O)OCC(N)=O)ccc3OCc3ccsc32)CC1. The van der Waals surface area contributed by atoms with E-state index >= 15 is 0 Å². The van der Waals surface area contributed by atoms with Crippen LogP contribution in [0.2, 0.25) is 0 Å². The lowest BCUT2D eigenvalue weighted by Gasteiger charge is -2.26. The molecule has 0 radical (unpaired) electrons. The second-order valence-corrected chi connectivity index (χ2v) is 8.42. The fourth-order valence-electron chi connectivity index (χ4n) is 3.76. The lowest BCUT2D eigenvalue weighted by atomic mass is 9.90. The molecule has 156 valence electrons. The van der Waals surface area contributed by atoms with Gasteiger partial charge in [0.2, 0.25) is 0 Å². The van der Waals surface area contributed by atoms with Gasteiger partial charge in [0.25, 0.3) is 5.91 Å². The van der Waals surface area contributed by atoms with Crippen LogP contribution in [-0.4, -0.2) is 43.5 Å². The van der Waals surface area contributed by atoms with Crippen molar-refractivity contribution in [1.29, 1.82) is 0 Å². The molecule has 1 saturated heterocycles. The minimum absolute atomic E-state index is 0.424. The van der Waals surface area contributed by atoms with Crippen LogP contribution >= 0.6 is 11.3 Å². The van der Waals surface area contributed by atoms with E-state index in [0.717, 1.165) is 42.8 Å². The molecule has 2 N–H and O–H groups in total. The Morgan fingerprint density at radius 3 is 2.83 bits per heavy atom. The highest BCUT2D eigenvalue weighted by Gasteiger charge is 2.25. The third kappa shape index (κ3) is 4.47. The Bertz CT molecular complexity index is 1030. The zero-order chi connectivity index (χ0) is 21.1. The van der Waals surface area contributed by atoms with Gasteiger partial charge >= 0.3 is 5.97 Å². The van der Waals surface area contributed by atoms with Crippen LogP contribution in [0.25, 0.3) is 11.6 Å². The number of ether oxygens (including phenoxy) is 2.